The van der Waals surface area contributed by atoms with Crippen LogP contribution in [0, 0.1) is 6.92 Å². The Bertz CT molecular complexity index is 530. The van der Waals surface area contributed by atoms with Crippen molar-refractivity contribution in [3.8, 4) is 0 Å². The first kappa shape index (κ1) is 16.3. The van der Waals surface area contributed by atoms with Crippen LogP contribution >= 0.6 is 23.1 Å². The lowest BCUT2D eigenvalue weighted by atomic mass is 10.2. The minimum Gasteiger partial charge on any atom is -0.321 e. The first-order valence-electron chi connectivity index (χ1n) is 7.21. The number of aryl methyl sites for hydroxylation is 2. The van der Waals surface area contributed by atoms with E-state index < -0.39 is 0 Å². The molecular weight excluding hydrogens is 306 g/mol. The van der Waals surface area contributed by atoms with Crippen LogP contribution in [-0.4, -0.2) is 39.4 Å². The molecule has 2 heterocycles. The van der Waals surface area contributed by atoms with Gasteiger partial charge in [0.1, 0.15) is 6.04 Å². The summed E-state index contributed by atoms with van der Waals surface area (Å²) in [6.07, 6.45) is 2.17. The fourth-order valence-electron chi connectivity index (χ4n) is 2.26. The molecular formula is C14H21N3O2S2. The van der Waals surface area contributed by atoms with Crippen molar-refractivity contribution in [1.82, 2.24) is 9.88 Å². The van der Waals surface area contributed by atoms with Crippen LogP contribution < -0.4 is 5.32 Å². The van der Waals surface area contributed by atoms with Crippen molar-refractivity contribution in [1.29, 1.82) is 0 Å². The van der Waals surface area contributed by atoms with Gasteiger partial charge >= 0.3 is 0 Å². The molecule has 1 fully saturated rings. The maximum atomic E-state index is 12.4. The fourth-order valence-corrected chi connectivity index (χ4v) is 4.35. The summed E-state index contributed by atoms with van der Waals surface area (Å²) in [5, 5.41) is 3.50. The first-order chi connectivity index (χ1) is 10.1. The molecule has 1 N–H and O–H groups in total. The zero-order chi connectivity index (χ0) is 15.4. The highest BCUT2D eigenvalue weighted by atomic mass is 32.2. The Balaban J connectivity index is 2.03. The Morgan fingerprint density at radius 3 is 2.81 bits per heavy atom. The van der Waals surface area contributed by atoms with Gasteiger partial charge in [-0.3, -0.25) is 9.59 Å². The van der Waals surface area contributed by atoms with Gasteiger partial charge in [-0.15, -0.1) is 23.1 Å². The lowest BCUT2D eigenvalue weighted by molar-refractivity contribution is -0.136. The summed E-state index contributed by atoms with van der Waals surface area (Å²) in [6.45, 7) is 6.03. The molecule has 1 atom stereocenters. The van der Waals surface area contributed by atoms with Crippen LogP contribution in [0.25, 0.3) is 0 Å². The molecule has 1 aliphatic heterocycles. The molecule has 0 aliphatic carbocycles. The number of anilines is 1. The van der Waals surface area contributed by atoms with E-state index in [2.05, 4.69) is 10.3 Å². The number of rotatable bonds is 5. The minimum absolute atomic E-state index is 0.0622. The molecule has 2 amide bonds. The van der Waals surface area contributed by atoms with Gasteiger partial charge < -0.3 is 10.2 Å². The topological polar surface area (TPSA) is 62.3 Å². The average molecular weight is 327 g/mol. The maximum Gasteiger partial charge on any atom is 0.249 e. The number of thiazole rings is 1. The molecule has 0 bridgehead atoms. The van der Waals surface area contributed by atoms with Crippen molar-refractivity contribution in [2.45, 2.75) is 46.1 Å². The van der Waals surface area contributed by atoms with Crippen molar-refractivity contribution in [3.63, 3.8) is 0 Å². The van der Waals surface area contributed by atoms with Gasteiger partial charge in [0.05, 0.1) is 11.6 Å². The van der Waals surface area contributed by atoms with Crippen molar-refractivity contribution >= 4 is 40.0 Å². The number of amides is 2. The largest absolute Gasteiger partial charge is 0.321 e. The number of carbonyl (C=O) groups excluding carboxylic acids is 2. The second-order valence-electron chi connectivity index (χ2n) is 4.99. The molecule has 1 saturated heterocycles. The predicted octanol–water partition coefficient (Wildman–Crippen LogP) is 2.65. The lowest BCUT2D eigenvalue weighted by Crippen LogP contribution is -2.44. The van der Waals surface area contributed by atoms with E-state index in [0.29, 0.717) is 23.2 Å². The third kappa shape index (κ3) is 3.77. The zero-order valence-electron chi connectivity index (χ0n) is 12.6. The van der Waals surface area contributed by atoms with E-state index >= 15 is 0 Å². The first-order valence-corrected chi connectivity index (χ1v) is 9.18. The summed E-state index contributed by atoms with van der Waals surface area (Å²) in [5.41, 5.74) is 1.02. The monoisotopic (exact) mass is 327 g/mol. The van der Waals surface area contributed by atoms with E-state index in [9.17, 15) is 9.59 Å². The molecule has 0 aromatic carbocycles. The maximum absolute atomic E-state index is 12.4. The van der Waals surface area contributed by atoms with Crippen molar-refractivity contribution in [3.05, 3.63) is 10.6 Å². The summed E-state index contributed by atoms with van der Waals surface area (Å²) in [4.78, 5) is 31.7. The Morgan fingerprint density at radius 2 is 2.19 bits per heavy atom. The Kier molecular flexibility index (Phi) is 5.64. The van der Waals surface area contributed by atoms with Gasteiger partial charge in [-0.1, -0.05) is 13.8 Å². The van der Waals surface area contributed by atoms with Crippen LogP contribution in [0.1, 0.15) is 37.3 Å². The van der Waals surface area contributed by atoms with E-state index in [0.717, 1.165) is 23.4 Å². The average Bonchev–Trinajstić information content (AvgIpc) is 3.05. The summed E-state index contributed by atoms with van der Waals surface area (Å²) < 4.78 is 0. The number of nitrogens with one attached hydrogen (secondary N) is 1. The normalized spacial score (nSPS) is 18.0. The van der Waals surface area contributed by atoms with Crippen LogP contribution in [0.5, 0.6) is 0 Å². The van der Waals surface area contributed by atoms with Crippen molar-refractivity contribution < 1.29 is 9.59 Å². The van der Waals surface area contributed by atoms with E-state index in [-0.39, 0.29) is 17.9 Å². The second kappa shape index (κ2) is 7.26. The van der Waals surface area contributed by atoms with Crippen LogP contribution in [0.15, 0.2) is 0 Å². The molecule has 116 valence electrons. The van der Waals surface area contributed by atoms with Crippen LogP contribution in [-0.2, 0) is 16.0 Å². The number of hydrogen-bond acceptors (Lipinski definition) is 5. The quantitative estimate of drug-likeness (QED) is 0.903. The number of hydrogen-bond donors (Lipinski definition) is 1. The highest BCUT2D eigenvalue weighted by Gasteiger charge is 2.34. The molecule has 1 aromatic rings. The number of thioether (sulfide) groups is 1. The molecule has 2 rings (SSSR count). The Morgan fingerprint density at radius 1 is 1.43 bits per heavy atom. The molecule has 0 radical (unpaired) electrons. The smallest absolute Gasteiger partial charge is 0.249 e. The number of aromatic nitrogens is 1. The summed E-state index contributed by atoms with van der Waals surface area (Å²) in [5.74, 6) is 1.20. The molecule has 7 heteroatoms. The van der Waals surface area contributed by atoms with Gasteiger partial charge in [-0.05, 0) is 19.8 Å². The number of carbonyl (C=O) groups is 2. The van der Waals surface area contributed by atoms with Gasteiger partial charge in [-0.2, -0.15) is 0 Å². The predicted molar refractivity (Wildman–Crippen MR) is 87.7 cm³/mol. The molecule has 0 saturated carbocycles. The minimum atomic E-state index is -0.372. The summed E-state index contributed by atoms with van der Waals surface area (Å²) in [7, 11) is 0. The molecule has 1 unspecified atom stereocenters. The highest BCUT2D eigenvalue weighted by molar-refractivity contribution is 7.99. The van der Waals surface area contributed by atoms with E-state index in [1.807, 2.05) is 20.8 Å². The molecule has 1 aliphatic rings. The van der Waals surface area contributed by atoms with Gasteiger partial charge in [0, 0.05) is 17.1 Å². The van der Waals surface area contributed by atoms with Crippen LogP contribution in [0.2, 0.25) is 0 Å². The van der Waals surface area contributed by atoms with Gasteiger partial charge in [0.15, 0.2) is 5.13 Å². The van der Waals surface area contributed by atoms with Crippen molar-refractivity contribution in [2.75, 3.05) is 16.9 Å². The van der Waals surface area contributed by atoms with E-state index in [4.69, 9.17) is 0 Å². The lowest BCUT2D eigenvalue weighted by Gasteiger charge is -2.22. The SMILES string of the molecule is CCCC(=O)N1CSCC1C(=O)Nc1nc(CC)c(C)s1. The molecule has 0 spiro atoms. The highest BCUT2D eigenvalue weighted by Crippen LogP contribution is 2.26. The summed E-state index contributed by atoms with van der Waals surface area (Å²) >= 11 is 3.12. The van der Waals surface area contributed by atoms with Gasteiger partial charge in [-0.25, -0.2) is 4.98 Å². The Hall–Kier alpha value is -1.08. The van der Waals surface area contributed by atoms with E-state index in [1.54, 1.807) is 16.7 Å². The van der Waals surface area contributed by atoms with Crippen molar-refractivity contribution in [2.24, 2.45) is 0 Å². The second-order valence-corrected chi connectivity index (χ2v) is 7.20. The van der Waals surface area contributed by atoms with Crippen LogP contribution in [0.4, 0.5) is 5.13 Å². The van der Waals surface area contributed by atoms with E-state index in [1.165, 1.54) is 11.3 Å². The molecule has 1 aromatic heterocycles. The molecule has 5 nitrogen and oxygen atoms in total. The fraction of sp³-hybridized carbons (Fsp3) is 0.643. The standard InChI is InChI=1S/C14H21N3O2S2/c1-4-6-12(18)17-8-20-7-11(17)13(19)16-14-15-10(5-2)9(3)21-14/h11H,4-8H2,1-3H3,(H,15,16,19). The zero-order valence-corrected chi connectivity index (χ0v) is 14.3. The van der Waals surface area contributed by atoms with Gasteiger partial charge in [0.2, 0.25) is 11.8 Å². The molecule has 21 heavy (non-hydrogen) atoms. The van der Waals surface area contributed by atoms with Crippen LogP contribution in [0.3, 0.4) is 0 Å². The third-order valence-electron chi connectivity index (χ3n) is 3.43. The Labute approximate surface area is 133 Å². The third-order valence-corrected chi connectivity index (χ3v) is 5.37. The number of nitrogens with zero attached hydrogens (tertiary/aromatic N) is 2. The summed E-state index contributed by atoms with van der Waals surface area (Å²) in [6, 6.07) is -0.372. The van der Waals surface area contributed by atoms with Gasteiger partial charge in [0.25, 0.3) is 0 Å².